The van der Waals surface area contributed by atoms with Gasteiger partial charge in [-0.1, -0.05) is 115 Å². The Balaban J connectivity index is 2.41. The number of nitrogens with zero attached hydrogens (tertiary/aromatic N) is 1. The number of carbonyl (C=O) groups is 1. The predicted octanol–water partition coefficient (Wildman–Crippen LogP) is 7.41. The number of hydrogen-bond acceptors (Lipinski definition) is 2. The standard InChI is InChI=1S/C26H45NO/c1-4-6-8-10-12-17-21-25(20-16-11-9-7-5-2)26(28)23-27(3)22-24-18-14-13-15-19-24/h13-15,18-19,25H,4-12,16-17,20-23H2,1-3H3. The first-order valence-corrected chi connectivity index (χ1v) is 11.9. The molecule has 0 aromatic heterocycles. The van der Waals surface area contributed by atoms with Crippen molar-refractivity contribution in [3.8, 4) is 0 Å². The Labute approximate surface area is 175 Å². The molecule has 0 bridgehead atoms. The molecule has 1 aromatic carbocycles. The second-order valence-corrected chi connectivity index (χ2v) is 8.58. The van der Waals surface area contributed by atoms with Crippen LogP contribution in [0.5, 0.6) is 0 Å². The molecule has 1 atom stereocenters. The van der Waals surface area contributed by atoms with Crippen LogP contribution >= 0.6 is 0 Å². The smallest absolute Gasteiger partial charge is 0.149 e. The van der Waals surface area contributed by atoms with Gasteiger partial charge in [-0.05, 0) is 25.5 Å². The average molecular weight is 388 g/mol. The summed E-state index contributed by atoms with van der Waals surface area (Å²) in [5.41, 5.74) is 1.28. The summed E-state index contributed by atoms with van der Waals surface area (Å²) in [6, 6.07) is 10.5. The number of hydrogen-bond donors (Lipinski definition) is 0. The molecule has 1 aromatic rings. The van der Waals surface area contributed by atoms with Crippen LogP contribution in [0.1, 0.15) is 103 Å². The summed E-state index contributed by atoms with van der Waals surface area (Å²) in [6.45, 7) is 5.96. The first kappa shape index (κ1) is 24.9. The molecule has 160 valence electrons. The largest absolute Gasteiger partial charge is 0.298 e. The van der Waals surface area contributed by atoms with E-state index in [-0.39, 0.29) is 5.92 Å². The summed E-state index contributed by atoms with van der Waals surface area (Å²) >= 11 is 0. The van der Waals surface area contributed by atoms with E-state index in [2.05, 4.69) is 50.1 Å². The number of likely N-dealkylation sites (N-methyl/N-ethyl adjacent to an activating group) is 1. The fraction of sp³-hybridized carbons (Fsp3) is 0.731. The fourth-order valence-electron chi connectivity index (χ4n) is 3.98. The predicted molar refractivity (Wildman–Crippen MR) is 123 cm³/mol. The van der Waals surface area contributed by atoms with Gasteiger partial charge in [0.15, 0.2) is 0 Å². The summed E-state index contributed by atoms with van der Waals surface area (Å²) in [5.74, 6) is 0.730. The molecule has 0 aliphatic rings. The quantitative estimate of drug-likeness (QED) is 0.244. The average Bonchev–Trinajstić information content (AvgIpc) is 2.69. The van der Waals surface area contributed by atoms with E-state index in [1.54, 1.807) is 0 Å². The highest BCUT2D eigenvalue weighted by molar-refractivity contribution is 5.82. The molecular weight excluding hydrogens is 342 g/mol. The van der Waals surface area contributed by atoms with Gasteiger partial charge < -0.3 is 0 Å². The van der Waals surface area contributed by atoms with E-state index < -0.39 is 0 Å². The summed E-state index contributed by atoms with van der Waals surface area (Å²) in [6.07, 6.45) is 16.5. The van der Waals surface area contributed by atoms with Crippen LogP contribution in [0.2, 0.25) is 0 Å². The number of Topliss-reactive ketones (excluding diaryl/α,β-unsaturated/α-hetero) is 1. The normalized spacial score (nSPS) is 12.4. The van der Waals surface area contributed by atoms with Crippen LogP contribution in [0.15, 0.2) is 30.3 Å². The second kappa shape index (κ2) is 16.8. The van der Waals surface area contributed by atoms with Crippen molar-refractivity contribution < 1.29 is 4.79 Å². The van der Waals surface area contributed by atoms with Gasteiger partial charge in [0.1, 0.15) is 5.78 Å². The van der Waals surface area contributed by atoms with Gasteiger partial charge in [0.25, 0.3) is 0 Å². The molecule has 0 aliphatic carbocycles. The minimum atomic E-state index is 0.269. The van der Waals surface area contributed by atoms with E-state index in [4.69, 9.17) is 0 Å². The fourth-order valence-corrected chi connectivity index (χ4v) is 3.98. The first-order chi connectivity index (χ1) is 13.7. The zero-order chi connectivity index (χ0) is 20.5. The van der Waals surface area contributed by atoms with Crippen LogP contribution < -0.4 is 0 Å². The van der Waals surface area contributed by atoms with E-state index in [0.717, 1.165) is 19.4 Å². The molecule has 0 saturated carbocycles. The van der Waals surface area contributed by atoms with Gasteiger partial charge in [-0.25, -0.2) is 0 Å². The maximum absolute atomic E-state index is 13.0. The summed E-state index contributed by atoms with van der Waals surface area (Å²) in [7, 11) is 2.08. The van der Waals surface area contributed by atoms with Crippen molar-refractivity contribution in [3.05, 3.63) is 35.9 Å². The number of benzene rings is 1. The zero-order valence-electron chi connectivity index (χ0n) is 18.9. The number of carbonyl (C=O) groups excluding carboxylic acids is 1. The monoisotopic (exact) mass is 387 g/mol. The molecule has 2 heteroatoms. The maximum atomic E-state index is 13.0. The van der Waals surface area contributed by atoms with Gasteiger partial charge in [0.2, 0.25) is 0 Å². The molecule has 0 amide bonds. The highest BCUT2D eigenvalue weighted by atomic mass is 16.1. The van der Waals surface area contributed by atoms with Crippen LogP contribution in [-0.4, -0.2) is 24.3 Å². The molecule has 0 aliphatic heterocycles. The molecular formula is C26H45NO. The molecule has 0 N–H and O–H groups in total. The van der Waals surface area contributed by atoms with Gasteiger partial charge in [0, 0.05) is 12.5 Å². The van der Waals surface area contributed by atoms with E-state index in [1.807, 2.05) is 6.07 Å². The zero-order valence-corrected chi connectivity index (χ0v) is 18.9. The number of rotatable bonds is 18. The number of unbranched alkanes of at least 4 members (excludes halogenated alkanes) is 9. The third-order valence-corrected chi connectivity index (χ3v) is 5.74. The van der Waals surface area contributed by atoms with Crippen molar-refractivity contribution in [2.24, 2.45) is 5.92 Å². The lowest BCUT2D eigenvalue weighted by Crippen LogP contribution is -2.30. The highest BCUT2D eigenvalue weighted by Gasteiger charge is 2.19. The van der Waals surface area contributed by atoms with Gasteiger partial charge in [-0.3, -0.25) is 9.69 Å². The lowest BCUT2D eigenvalue weighted by molar-refractivity contribution is -0.124. The molecule has 2 nitrogen and oxygen atoms in total. The SMILES string of the molecule is CCCCCCCCC(CCCCCCC)C(=O)CN(C)Cc1ccccc1. The first-order valence-electron chi connectivity index (χ1n) is 11.9. The van der Waals surface area contributed by atoms with Crippen molar-refractivity contribution >= 4 is 5.78 Å². The molecule has 28 heavy (non-hydrogen) atoms. The van der Waals surface area contributed by atoms with Crippen LogP contribution in [-0.2, 0) is 11.3 Å². The van der Waals surface area contributed by atoms with E-state index in [0.29, 0.717) is 12.3 Å². The Kier molecular flexibility index (Phi) is 14.9. The van der Waals surface area contributed by atoms with E-state index in [9.17, 15) is 4.79 Å². The Bertz CT molecular complexity index is 484. The molecule has 0 saturated heterocycles. The third-order valence-electron chi connectivity index (χ3n) is 5.74. The van der Waals surface area contributed by atoms with Gasteiger partial charge in [0.05, 0.1) is 6.54 Å². The molecule has 0 radical (unpaired) electrons. The van der Waals surface area contributed by atoms with Gasteiger partial charge >= 0.3 is 0 Å². The van der Waals surface area contributed by atoms with Crippen LogP contribution in [0.4, 0.5) is 0 Å². The van der Waals surface area contributed by atoms with Crippen LogP contribution in [0.3, 0.4) is 0 Å². The van der Waals surface area contributed by atoms with E-state index in [1.165, 1.54) is 76.2 Å². The van der Waals surface area contributed by atoms with Gasteiger partial charge in [-0.2, -0.15) is 0 Å². The summed E-state index contributed by atoms with van der Waals surface area (Å²) in [5, 5.41) is 0. The molecule has 1 rings (SSSR count). The summed E-state index contributed by atoms with van der Waals surface area (Å²) in [4.78, 5) is 15.2. The van der Waals surface area contributed by atoms with Gasteiger partial charge in [-0.15, -0.1) is 0 Å². The highest BCUT2D eigenvalue weighted by Crippen LogP contribution is 2.21. The maximum Gasteiger partial charge on any atom is 0.149 e. The summed E-state index contributed by atoms with van der Waals surface area (Å²) < 4.78 is 0. The van der Waals surface area contributed by atoms with Crippen molar-refractivity contribution in [2.75, 3.05) is 13.6 Å². The van der Waals surface area contributed by atoms with Crippen LogP contribution in [0, 0.1) is 5.92 Å². The van der Waals surface area contributed by atoms with Crippen LogP contribution in [0.25, 0.3) is 0 Å². The Morgan fingerprint density at radius 1 is 0.786 bits per heavy atom. The lowest BCUT2D eigenvalue weighted by Gasteiger charge is -2.21. The Morgan fingerprint density at radius 3 is 1.82 bits per heavy atom. The minimum absolute atomic E-state index is 0.269. The van der Waals surface area contributed by atoms with Crippen molar-refractivity contribution in [1.82, 2.24) is 4.90 Å². The topological polar surface area (TPSA) is 20.3 Å². The Morgan fingerprint density at radius 2 is 1.29 bits per heavy atom. The van der Waals surface area contributed by atoms with Crippen molar-refractivity contribution in [2.45, 2.75) is 104 Å². The molecule has 0 heterocycles. The molecule has 0 fully saturated rings. The van der Waals surface area contributed by atoms with E-state index >= 15 is 0 Å². The van der Waals surface area contributed by atoms with Crippen molar-refractivity contribution in [3.63, 3.8) is 0 Å². The molecule has 0 spiro atoms. The minimum Gasteiger partial charge on any atom is -0.298 e. The number of ketones is 1. The Hall–Kier alpha value is -1.15. The third kappa shape index (κ3) is 12.3. The molecule has 1 unspecified atom stereocenters. The lowest BCUT2D eigenvalue weighted by atomic mass is 9.90. The van der Waals surface area contributed by atoms with Crippen molar-refractivity contribution in [1.29, 1.82) is 0 Å². The second-order valence-electron chi connectivity index (χ2n) is 8.58.